The molecular weight excluding hydrogens is 276 g/mol. The fourth-order valence-electron chi connectivity index (χ4n) is 1.78. The minimum atomic E-state index is -0.528. The molecule has 106 valence electrons. The monoisotopic (exact) mass is 292 g/mol. The van der Waals surface area contributed by atoms with Gasteiger partial charge in [0.15, 0.2) is 0 Å². The third kappa shape index (κ3) is 3.30. The van der Waals surface area contributed by atoms with Crippen molar-refractivity contribution in [3.05, 3.63) is 46.7 Å². The third-order valence-electron chi connectivity index (χ3n) is 2.92. The van der Waals surface area contributed by atoms with Crippen LogP contribution in [0.25, 0.3) is 0 Å². The molecule has 1 amide bonds. The summed E-state index contributed by atoms with van der Waals surface area (Å²) in [7, 11) is 0. The Labute approximate surface area is 122 Å². The minimum absolute atomic E-state index is 0.324. The van der Waals surface area contributed by atoms with Crippen molar-refractivity contribution in [1.82, 2.24) is 9.78 Å². The van der Waals surface area contributed by atoms with E-state index < -0.39 is 5.91 Å². The molecule has 2 aromatic rings. The first-order chi connectivity index (χ1) is 9.47. The van der Waals surface area contributed by atoms with Crippen LogP contribution in [0.3, 0.4) is 0 Å². The molecule has 0 spiro atoms. The van der Waals surface area contributed by atoms with Crippen molar-refractivity contribution in [2.45, 2.75) is 26.4 Å². The summed E-state index contributed by atoms with van der Waals surface area (Å²) < 4.78 is 1.90. The summed E-state index contributed by atoms with van der Waals surface area (Å²) in [5.41, 5.74) is 7.44. The van der Waals surface area contributed by atoms with Gasteiger partial charge in [0.1, 0.15) is 0 Å². The number of anilines is 1. The first-order valence-electron chi connectivity index (χ1n) is 6.33. The van der Waals surface area contributed by atoms with Crippen LogP contribution >= 0.6 is 11.6 Å². The van der Waals surface area contributed by atoms with E-state index in [0.29, 0.717) is 23.2 Å². The summed E-state index contributed by atoms with van der Waals surface area (Å²) in [5.74, 6) is -0.528. The number of nitrogens with zero attached hydrogens (tertiary/aromatic N) is 2. The van der Waals surface area contributed by atoms with Crippen molar-refractivity contribution in [1.29, 1.82) is 0 Å². The molecule has 0 unspecified atom stereocenters. The summed E-state index contributed by atoms with van der Waals surface area (Å²) in [6.07, 6.45) is 3.82. The van der Waals surface area contributed by atoms with Crippen molar-refractivity contribution in [3.8, 4) is 0 Å². The number of amides is 1. The van der Waals surface area contributed by atoms with E-state index in [1.54, 1.807) is 18.2 Å². The van der Waals surface area contributed by atoms with Crippen LogP contribution < -0.4 is 11.1 Å². The Morgan fingerprint density at radius 3 is 2.80 bits per heavy atom. The lowest BCUT2D eigenvalue weighted by molar-refractivity contribution is 0.100. The minimum Gasteiger partial charge on any atom is -0.381 e. The summed E-state index contributed by atoms with van der Waals surface area (Å²) in [6, 6.07) is 5.42. The number of halogens is 1. The number of hydrogen-bond donors (Lipinski definition) is 2. The van der Waals surface area contributed by atoms with Crippen LogP contribution in [0, 0.1) is 0 Å². The number of carbonyl (C=O) groups is 1. The second-order valence-corrected chi connectivity index (χ2v) is 5.24. The molecule has 1 aromatic carbocycles. The van der Waals surface area contributed by atoms with Gasteiger partial charge in [-0.2, -0.15) is 5.10 Å². The van der Waals surface area contributed by atoms with Gasteiger partial charge < -0.3 is 11.1 Å². The first-order valence-corrected chi connectivity index (χ1v) is 6.71. The second kappa shape index (κ2) is 5.96. The predicted molar refractivity (Wildman–Crippen MR) is 79.9 cm³/mol. The van der Waals surface area contributed by atoms with Gasteiger partial charge in [-0.25, -0.2) is 0 Å². The Balaban J connectivity index is 2.03. The molecule has 3 N–H and O–H groups in total. The van der Waals surface area contributed by atoms with Gasteiger partial charge in [0.25, 0.3) is 0 Å². The molecule has 0 saturated heterocycles. The van der Waals surface area contributed by atoms with Crippen molar-refractivity contribution in [2.75, 3.05) is 5.32 Å². The standard InChI is InChI=1S/C14H17ClN4O/c1-9(2)19-8-10(7-18-19)6-17-11-3-4-12(14(16)20)13(15)5-11/h3-5,7-9,17H,6H2,1-2H3,(H2,16,20). The maximum atomic E-state index is 11.1. The van der Waals surface area contributed by atoms with E-state index in [-0.39, 0.29) is 0 Å². The number of nitrogens with two attached hydrogens (primary N) is 1. The number of rotatable bonds is 5. The highest BCUT2D eigenvalue weighted by molar-refractivity contribution is 6.34. The van der Waals surface area contributed by atoms with Crippen LogP contribution in [-0.4, -0.2) is 15.7 Å². The molecule has 6 heteroatoms. The van der Waals surface area contributed by atoms with Crippen molar-refractivity contribution < 1.29 is 4.79 Å². The Morgan fingerprint density at radius 2 is 2.25 bits per heavy atom. The van der Waals surface area contributed by atoms with Crippen LogP contribution in [0.4, 0.5) is 5.69 Å². The second-order valence-electron chi connectivity index (χ2n) is 4.83. The molecule has 0 bridgehead atoms. The van der Waals surface area contributed by atoms with Crippen LogP contribution in [0.5, 0.6) is 0 Å². The van der Waals surface area contributed by atoms with Gasteiger partial charge in [-0.15, -0.1) is 0 Å². The highest BCUT2D eigenvalue weighted by Crippen LogP contribution is 2.21. The van der Waals surface area contributed by atoms with Crippen molar-refractivity contribution in [3.63, 3.8) is 0 Å². The predicted octanol–water partition coefficient (Wildman–Crippen LogP) is 2.83. The maximum Gasteiger partial charge on any atom is 0.250 e. The van der Waals surface area contributed by atoms with Gasteiger partial charge >= 0.3 is 0 Å². The van der Waals surface area contributed by atoms with Gasteiger partial charge in [0.2, 0.25) is 5.91 Å². The zero-order valence-corrected chi connectivity index (χ0v) is 12.2. The zero-order valence-electron chi connectivity index (χ0n) is 11.4. The van der Waals surface area contributed by atoms with Crippen LogP contribution in [0.1, 0.15) is 35.8 Å². The summed E-state index contributed by atoms with van der Waals surface area (Å²) >= 11 is 5.99. The average molecular weight is 293 g/mol. The molecule has 0 radical (unpaired) electrons. The highest BCUT2D eigenvalue weighted by Gasteiger charge is 2.07. The van der Waals surface area contributed by atoms with Gasteiger partial charge in [-0.05, 0) is 32.0 Å². The zero-order chi connectivity index (χ0) is 14.7. The van der Waals surface area contributed by atoms with E-state index in [1.165, 1.54) is 0 Å². The number of primary amides is 1. The molecule has 0 aliphatic rings. The Bertz CT molecular complexity index is 621. The largest absolute Gasteiger partial charge is 0.381 e. The van der Waals surface area contributed by atoms with E-state index in [1.807, 2.05) is 17.1 Å². The Kier molecular flexibility index (Phi) is 4.29. The maximum absolute atomic E-state index is 11.1. The number of hydrogen-bond acceptors (Lipinski definition) is 3. The quantitative estimate of drug-likeness (QED) is 0.890. The number of carbonyl (C=O) groups excluding carboxylic acids is 1. The van der Waals surface area contributed by atoms with Gasteiger partial charge in [0, 0.05) is 30.0 Å². The first kappa shape index (κ1) is 14.4. The fraction of sp³-hybridized carbons (Fsp3) is 0.286. The van der Waals surface area contributed by atoms with Crippen LogP contribution in [0.15, 0.2) is 30.6 Å². The molecule has 0 atom stereocenters. The van der Waals surface area contributed by atoms with E-state index >= 15 is 0 Å². The van der Waals surface area contributed by atoms with E-state index in [2.05, 4.69) is 24.3 Å². The molecule has 0 aliphatic carbocycles. The normalized spacial score (nSPS) is 10.8. The van der Waals surface area contributed by atoms with Crippen molar-refractivity contribution >= 4 is 23.2 Å². The van der Waals surface area contributed by atoms with Crippen LogP contribution in [-0.2, 0) is 6.54 Å². The topological polar surface area (TPSA) is 72.9 Å². The molecule has 1 aromatic heterocycles. The van der Waals surface area contributed by atoms with Crippen LogP contribution in [0.2, 0.25) is 5.02 Å². The van der Waals surface area contributed by atoms with E-state index in [0.717, 1.165) is 11.3 Å². The third-order valence-corrected chi connectivity index (χ3v) is 3.23. The molecule has 1 heterocycles. The van der Waals surface area contributed by atoms with E-state index in [9.17, 15) is 4.79 Å². The summed E-state index contributed by atoms with van der Waals surface area (Å²) in [6.45, 7) is 4.79. The summed E-state index contributed by atoms with van der Waals surface area (Å²) in [5, 5.41) is 7.85. The molecule has 0 fully saturated rings. The SMILES string of the molecule is CC(C)n1cc(CNc2ccc(C(N)=O)c(Cl)c2)cn1. The van der Waals surface area contributed by atoms with Gasteiger partial charge in [-0.3, -0.25) is 9.48 Å². The smallest absolute Gasteiger partial charge is 0.250 e. The molecular formula is C14H17ClN4O. The average Bonchev–Trinajstić information content (AvgIpc) is 2.85. The highest BCUT2D eigenvalue weighted by atomic mass is 35.5. The van der Waals surface area contributed by atoms with Crippen molar-refractivity contribution in [2.24, 2.45) is 5.73 Å². The van der Waals surface area contributed by atoms with E-state index in [4.69, 9.17) is 17.3 Å². The lowest BCUT2D eigenvalue weighted by Gasteiger charge is -2.07. The molecule has 2 rings (SSSR count). The van der Waals surface area contributed by atoms with Gasteiger partial charge in [0.05, 0.1) is 16.8 Å². The van der Waals surface area contributed by atoms with Gasteiger partial charge in [-0.1, -0.05) is 11.6 Å². The molecule has 5 nitrogen and oxygen atoms in total. The Morgan fingerprint density at radius 1 is 1.50 bits per heavy atom. The lowest BCUT2D eigenvalue weighted by atomic mass is 10.2. The lowest BCUT2D eigenvalue weighted by Crippen LogP contribution is -2.11. The molecule has 20 heavy (non-hydrogen) atoms. The number of benzene rings is 1. The fourth-order valence-corrected chi connectivity index (χ4v) is 2.05. The molecule has 0 saturated carbocycles. The number of aromatic nitrogens is 2. The summed E-state index contributed by atoms with van der Waals surface area (Å²) in [4.78, 5) is 11.1. The molecule has 0 aliphatic heterocycles. The Hall–Kier alpha value is -2.01. The number of nitrogens with one attached hydrogen (secondary N) is 1.